The maximum atomic E-state index is 4.45. The van der Waals surface area contributed by atoms with Crippen LogP contribution in [-0.4, -0.2) is 21.1 Å². The van der Waals surface area contributed by atoms with Crippen LogP contribution < -0.4 is 5.32 Å². The Bertz CT molecular complexity index is 536. The van der Waals surface area contributed by atoms with Gasteiger partial charge >= 0.3 is 0 Å². The first-order chi connectivity index (χ1) is 8.36. The molecule has 2 aromatic rings. The molecule has 0 saturated carbocycles. The molecule has 0 saturated heterocycles. The van der Waals surface area contributed by atoms with Gasteiger partial charge in [-0.25, -0.2) is 4.52 Å². The summed E-state index contributed by atoms with van der Waals surface area (Å²) in [6, 6.07) is 4.03. The molecule has 2 heterocycles. The van der Waals surface area contributed by atoms with Gasteiger partial charge in [-0.1, -0.05) is 33.8 Å². The molecule has 0 radical (unpaired) electrons. The van der Waals surface area contributed by atoms with Crippen molar-refractivity contribution in [3.63, 3.8) is 0 Å². The Hall–Kier alpha value is -1.58. The smallest absolute Gasteiger partial charge is 0.243 e. The molecule has 0 aliphatic rings. The van der Waals surface area contributed by atoms with Crippen LogP contribution in [0.5, 0.6) is 0 Å². The number of nitrogens with zero attached hydrogens (tertiary/aromatic N) is 3. The van der Waals surface area contributed by atoms with Gasteiger partial charge in [0.05, 0.1) is 0 Å². The molecule has 0 aliphatic carbocycles. The lowest BCUT2D eigenvalue weighted by molar-refractivity contribution is 0.274. The van der Waals surface area contributed by atoms with Gasteiger partial charge in [0.25, 0.3) is 0 Å². The first kappa shape index (κ1) is 12.9. The van der Waals surface area contributed by atoms with Gasteiger partial charge in [0, 0.05) is 12.7 Å². The normalized spacial score (nSPS) is 13.8. The fourth-order valence-electron chi connectivity index (χ4n) is 1.61. The summed E-state index contributed by atoms with van der Waals surface area (Å²) < 4.78 is 1.82. The lowest BCUT2D eigenvalue weighted by Crippen LogP contribution is -2.25. The summed E-state index contributed by atoms with van der Waals surface area (Å²) in [4.78, 5) is 4.45. The molecule has 4 nitrogen and oxygen atoms in total. The van der Waals surface area contributed by atoms with Crippen molar-refractivity contribution < 1.29 is 0 Å². The Balaban J connectivity index is 2.09. The van der Waals surface area contributed by atoms with Crippen molar-refractivity contribution in [3.05, 3.63) is 23.9 Å². The number of rotatable bonds is 3. The fourth-order valence-corrected chi connectivity index (χ4v) is 1.61. The predicted molar refractivity (Wildman–Crippen MR) is 74.8 cm³/mol. The zero-order valence-corrected chi connectivity index (χ0v) is 11.9. The van der Waals surface area contributed by atoms with Crippen molar-refractivity contribution in [1.29, 1.82) is 0 Å². The van der Waals surface area contributed by atoms with Crippen molar-refractivity contribution in [2.75, 3.05) is 11.9 Å². The fraction of sp³-hybridized carbons (Fsp3) is 0.571. The second kappa shape index (κ2) is 4.59. The van der Waals surface area contributed by atoms with Crippen LogP contribution in [0.1, 0.15) is 33.3 Å². The second-order valence-corrected chi connectivity index (χ2v) is 6.09. The van der Waals surface area contributed by atoms with E-state index >= 15 is 0 Å². The van der Waals surface area contributed by atoms with Gasteiger partial charge in [0.1, 0.15) is 0 Å². The van der Waals surface area contributed by atoms with Crippen LogP contribution in [0.4, 0.5) is 5.95 Å². The topological polar surface area (TPSA) is 42.2 Å². The summed E-state index contributed by atoms with van der Waals surface area (Å²) in [5, 5.41) is 7.74. The van der Waals surface area contributed by atoms with Crippen molar-refractivity contribution in [2.24, 2.45) is 11.3 Å². The Kier molecular flexibility index (Phi) is 3.28. The Morgan fingerprint density at radius 1 is 1.33 bits per heavy atom. The van der Waals surface area contributed by atoms with Gasteiger partial charge in [-0.2, -0.15) is 4.98 Å². The molecule has 2 rings (SSSR count). The molecule has 0 fully saturated rings. The SMILES string of the molecule is Cc1ccc2nc(NCC(C)C(C)(C)C)nn2c1. The Morgan fingerprint density at radius 2 is 2.06 bits per heavy atom. The lowest BCUT2D eigenvalue weighted by Gasteiger charge is -2.27. The number of hydrogen-bond donors (Lipinski definition) is 1. The zero-order chi connectivity index (χ0) is 13.3. The molecule has 2 aromatic heterocycles. The lowest BCUT2D eigenvalue weighted by atomic mass is 9.82. The minimum absolute atomic E-state index is 0.294. The summed E-state index contributed by atoms with van der Waals surface area (Å²) in [6.45, 7) is 11.9. The standard InChI is InChI=1S/C14H22N4/c1-10-6-7-12-16-13(17-18(12)9-10)15-8-11(2)14(3,4)5/h6-7,9,11H,8H2,1-5H3,(H,15,17). The van der Waals surface area contributed by atoms with Crippen LogP contribution in [0.2, 0.25) is 0 Å². The van der Waals surface area contributed by atoms with Gasteiger partial charge in [0.2, 0.25) is 5.95 Å². The highest BCUT2D eigenvalue weighted by Gasteiger charge is 2.19. The van der Waals surface area contributed by atoms with Crippen LogP contribution >= 0.6 is 0 Å². The van der Waals surface area contributed by atoms with Crippen LogP contribution in [-0.2, 0) is 0 Å². The van der Waals surface area contributed by atoms with Crippen molar-refractivity contribution in [1.82, 2.24) is 14.6 Å². The van der Waals surface area contributed by atoms with Gasteiger partial charge < -0.3 is 5.32 Å². The van der Waals surface area contributed by atoms with E-state index in [1.54, 1.807) is 0 Å². The van der Waals surface area contributed by atoms with Crippen LogP contribution in [0.25, 0.3) is 5.65 Å². The Labute approximate surface area is 108 Å². The highest BCUT2D eigenvalue weighted by Crippen LogP contribution is 2.25. The predicted octanol–water partition coefficient (Wildman–Crippen LogP) is 3.13. The van der Waals surface area contributed by atoms with E-state index in [2.05, 4.69) is 50.0 Å². The maximum absolute atomic E-state index is 4.45. The third-order valence-electron chi connectivity index (χ3n) is 3.52. The highest BCUT2D eigenvalue weighted by atomic mass is 15.3. The molecule has 98 valence electrons. The summed E-state index contributed by atoms with van der Waals surface area (Å²) in [6.07, 6.45) is 1.99. The molecular weight excluding hydrogens is 224 g/mol. The average Bonchev–Trinajstić information content (AvgIpc) is 2.66. The van der Waals surface area contributed by atoms with Gasteiger partial charge in [-0.05, 0) is 29.9 Å². The monoisotopic (exact) mass is 246 g/mol. The average molecular weight is 246 g/mol. The quantitative estimate of drug-likeness (QED) is 0.904. The molecule has 0 spiro atoms. The van der Waals surface area contributed by atoms with E-state index in [1.165, 1.54) is 5.56 Å². The molecule has 4 heteroatoms. The van der Waals surface area contributed by atoms with Crippen molar-refractivity contribution in [2.45, 2.75) is 34.6 Å². The number of anilines is 1. The number of nitrogens with one attached hydrogen (secondary N) is 1. The first-order valence-corrected chi connectivity index (χ1v) is 6.43. The molecule has 0 aromatic carbocycles. The van der Waals surface area contributed by atoms with E-state index in [-0.39, 0.29) is 0 Å². The number of pyridine rings is 1. The number of fused-ring (bicyclic) bond motifs is 1. The maximum Gasteiger partial charge on any atom is 0.243 e. The minimum Gasteiger partial charge on any atom is -0.353 e. The second-order valence-electron chi connectivity index (χ2n) is 6.09. The van der Waals surface area contributed by atoms with Gasteiger partial charge in [0.15, 0.2) is 5.65 Å². The van der Waals surface area contributed by atoms with E-state index in [0.29, 0.717) is 17.3 Å². The van der Waals surface area contributed by atoms with E-state index in [9.17, 15) is 0 Å². The summed E-state index contributed by atoms with van der Waals surface area (Å²) in [5.74, 6) is 1.27. The molecule has 1 unspecified atom stereocenters. The third-order valence-corrected chi connectivity index (χ3v) is 3.52. The van der Waals surface area contributed by atoms with E-state index in [1.807, 2.05) is 22.8 Å². The first-order valence-electron chi connectivity index (χ1n) is 6.43. The summed E-state index contributed by atoms with van der Waals surface area (Å²) >= 11 is 0. The largest absolute Gasteiger partial charge is 0.353 e. The number of hydrogen-bond acceptors (Lipinski definition) is 3. The number of aryl methyl sites for hydroxylation is 1. The van der Waals surface area contributed by atoms with E-state index < -0.39 is 0 Å². The molecule has 1 atom stereocenters. The summed E-state index contributed by atoms with van der Waals surface area (Å²) in [5.41, 5.74) is 2.36. The zero-order valence-electron chi connectivity index (χ0n) is 11.9. The van der Waals surface area contributed by atoms with Gasteiger partial charge in [-0.3, -0.25) is 0 Å². The number of aromatic nitrogens is 3. The molecule has 0 aliphatic heterocycles. The molecule has 0 amide bonds. The van der Waals surface area contributed by atoms with Gasteiger partial charge in [-0.15, -0.1) is 5.10 Å². The molecule has 0 bridgehead atoms. The third kappa shape index (κ3) is 2.81. The molecule has 1 N–H and O–H groups in total. The minimum atomic E-state index is 0.294. The van der Waals surface area contributed by atoms with Crippen LogP contribution in [0.15, 0.2) is 18.3 Å². The van der Waals surface area contributed by atoms with E-state index in [0.717, 1.165) is 12.2 Å². The van der Waals surface area contributed by atoms with Crippen LogP contribution in [0, 0.1) is 18.3 Å². The molecule has 18 heavy (non-hydrogen) atoms. The molecular formula is C14H22N4. The highest BCUT2D eigenvalue weighted by molar-refractivity contribution is 5.44. The van der Waals surface area contributed by atoms with Crippen molar-refractivity contribution >= 4 is 11.6 Å². The summed E-state index contributed by atoms with van der Waals surface area (Å²) in [7, 11) is 0. The van der Waals surface area contributed by atoms with E-state index in [4.69, 9.17) is 0 Å². The van der Waals surface area contributed by atoms with Crippen LogP contribution in [0.3, 0.4) is 0 Å². The van der Waals surface area contributed by atoms with Crippen molar-refractivity contribution in [3.8, 4) is 0 Å². The Morgan fingerprint density at radius 3 is 2.72 bits per heavy atom.